The summed E-state index contributed by atoms with van der Waals surface area (Å²) >= 11 is 3.22. The minimum Gasteiger partial charge on any atom is -0.457 e. The number of sulfonamides is 1. The number of carbonyl (C=O) groups excluding carboxylic acids is 1. The summed E-state index contributed by atoms with van der Waals surface area (Å²) in [6.07, 6.45) is 0.596. The molecular formula is C17H15BrFNO4S. The summed E-state index contributed by atoms with van der Waals surface area (Å²) < 4.78 is 43.9. The van der Waals surface area contributed by atoms with Crippen molar-refractivity contribution in [2.75, 3.05) is 16.6 Å². The Morgan fingerprint density at radius 2 is 1.92 bits per heavy atom. The van der Waals surface area contributed by atoms with Gasteiger partial charge in [-0.3, -0.25) is 4.31 Å². The van der Waals surface area contributed by atoms with E-state index in [2.05, 4.69) is 15.9 Å². The van der Waals surface area contributed by atoms with Crippen LogP contribution in [0.15, 0.2) is 46.9 Å². The molecule has 0 aliphatic carbocycles. The molecule has 0 saturated carbocycles. The Kier molecular flexibility index (Phi) is 5.10. The van der Waals surface area contributed by atoms with Gasteiger partial charge in [0, 0.05) is 16.6 Å². The SMILES string of the molecule is O=C(OCc1ccc(F)cc1Br)c1ccc(N2CCCS2(=O)=O)cc1. The maximum atomic E-state index is 13.0. The van der Waals surface area contributed by atoms with Crippen molar-refractivity contribution in [1.82, 2.24) is 0 Å². The molecule has 0 bridgehead atoms. The molecule has 8 heteroatoms. The van der Waals surface area contributed by atoms with Crippen LogP contribution in [0.2, 0.25) is 0 Å². The summed E-state index contributed by atoms with van der Waals surface area (Å²) in [7, 11) is -3.25. The van der Waals surface area contributed by atoms with Crippen LogP contribution in [0.3, 0.4) is 0 Å². The lowest BCUT2D eigenvalue weighted by Crippen LogP contribution is -2.25. The number of rotatable bonds is 4. The zero-order valence-electron chi connectivity index (χ0n) is 13.1. The molecule has 0 unspecified atom stereocenters. The summed E-state index contributed by atoms with van der Waals surface area (Å²) in [6.45, 7) is 0.451. The average Bonchev–Trinajstić information content (AvgIpc) is 2.93. The van der Waals surface area contributed by atoms with E-state index in [0.29, 0.717) is 34.3 Å². The number of halogens is 2. The highest BCUT2D eigenvalue weighted by Crippen LogP contribution is 2.24. The van der Waals surface area contributed by atoms with Crippen LogP contribution in [0.1, 0.15) is 22.3 Å². The number of benzene rings is 2. The minimum absolute atomic E-state index is 0.00194. The molecule has 132 valence electrons. The van der Waals surface area contributed by atoms with Gasteiger partial charge in [0.15, 0.2) is 0 Å². The number of nitrogens with zero attached hydrogens (tertiary/aromatic N) is 1. The molecule has 0 N–H and O–H groups in total. The lowest BCUT2D eigenvalue weighted by molar-refractivity contribution is 0.0472. The third-order valence-corrected chi connectivity index (χ3v) is 6.47. The third-order valence-electron chi connectivity index (χ3n) is 3.86. The van der Waals surface area contributed by atoms with Crippen LogP contribution in [0.4, 0.5) is 10.1 Å². The van der Waals surface area contributed by atoms with Crippen molar-refractivity contribution in [3.63, 3.8) is 0 Å². The zero-order chi connectivity index (χ0) is 18.0. The van der Waals surface area contributed by atoms with E-state index in [4.69, 9.17) is 4.74 Å². The van der Waals surface area contributed by atoms with Crippen molar-refractivity contribution in [3.8, 4) is 0 Å². The fraction of sp³-hybridized carbons (Fsp3) is 0.235. The maximum Gasteiger partial charge on any atom is 0.338 e. The first-order valence-corrected chi connectivity index (χ1v) is 9.98. The summed E-state index contributed by atoms with van der Waals surface area (Å²) in [6, 6.07) is 10.4. The molecule has 0 aromatic heterocycles. The number of anilines is 1. The summed E-state index contributed by atoms with van der Waals surface area (Å²) in [4.78, 5) is 12.1. The fourth-order valence-corrected chi connectivity index (χ4v) is 4.59. The molecule has 1 fully saturated rings. The number of hydrogen-bond donors (Lipinski definition) is 0. The predicted molar refractivity (Wildman–Crippen MR) is 95.4 cm³/mol. The highest BCUT2D eigenvalue weighted by Gasteiger charge is 2.28. The van der Waals surface area contributed by atoms with Crippen LogP contribution in [0.5, 0.6) is 0 Å². The van der Waals surface area contributed by atoms with E-state index in [-0.39, 0.29) is 18.2 Å². The van der Waals surface area contributed by atoms with Crippen molar-refractivity contribution in [1.29, 1.82) is 0 Å². The van der Waals surface area contributed by atoms with Crippen molar-refractivity contribution in [2.24, 2.45) is 0 Å². The largest absolute Gasteiger partial charge is 0.457 e. The predicted octanol–water partition coefficient (Wildman–Crippen LogP) is 3.49. The molecule has 1 aliphatic rings. The monoisotopic (exact) mass is 427 g/mol. The lowest BCUT2D eigenvalue weighted by atomic mass is 10.2. The van der Waals surface area contributed by atoms with E-state index in [1.165, 1.54) is 34.6 Å². The second-order valence-corrected chi connectivity index (χ2v) is 8.47. The normalized spacial score (nSPS) is 16.0. The van der Waals surface area contributed by atoms with Gasteiger partial charge in [0.25, 0.3) is 0 Å². The first kappa shape index (κ1) is 17.9. The van der Waals surface area contributed by atoms with Crippen molar-refractivity contribution in [3.05, 3.63) is 63.9 Å². The summed E-state index contributed by atoms with van der Waals surface area (Å²) in [5.74, 6) is -0.773. The molecule has 5 nitrogen and oxygen atoms in total. The molecule has 2 aromatic rings. The van der Waals surface area contributed by atoms with Gasteiger partial charge in [0.05, 0.1) is 17.0 Å². The fourth-order valence-electron chi connectivity index (χ4n) is 2.56. The van der Waals surface area contributed by atoms with Gasteiger partial charge in [-0.1, -0.05) is 22.0 Å². The van der Waals surface area contributed by atoms with E-state index in [0.717, 1.165) is 0 Å². The molecular weight excluding hydrogens is 413 g/mol. The van der Waals surface area contributed by atoms with Crippen molar-refractivity contribution in [2.45, 2.75) is 13.0 Å². The van der Waals surface area contributed by atoms with Crippen molar-refractivity contribution >= 4 is 37.6 Å². The highest BCUT2D eigenvalue weighted by molar-refractivity contribution is 9.10. The smallest absolute Gasteiger partial charge is 0.338 e. The molecule has 0 radical (unpaired) electrons. The third kappa shape index (κ3) is 4.01. The lowest BCUT2D eigenvalue weighted by Gasteiger charge is -2.16. The molecule has 0 spiro atoms. The van der Waals surface area contributed by atoms with E-state index >= 15 is 0 Å². The van der Waals surface area contributed by atoms with Crippen molar-refractivity contribution < 1.29 is 22.3 Å². The molecule has 0 amide bonds. The van der Waals surface area contributed by atoms with Crippen LogP contribution in [-0.2, 0) is 21.4 Å². The number of carbonyl (C=O) groups is 1. The van der Waals surface area contributed by atoms with E-state index in [9.17, 15) is 17.6 Å². The molecule has 1 aliphatic heterocycles. The van der Waals surface area contributed by atoms with Gasteiger partial charge in [-0.05, 0) is 42.8 Å². The average molecular weight is 428 g/mol. The molecule has 25 heavy (non-hydrogen) atoms. The molecule has 1 saturated heterocycles. The van der Waals surface area contributed by atoms with Crippen LogP contribution in [0.25, 0.3) is 0 Å². The van der Waals surface area contributed by atoms with Gasteiger partial charge in [0.1, 0.15) is 12.4 Å². The Morgan fingerprint density at radius 3 is 2.52 bits per heavy atom. The summed E-state index contributed by atoms with van der Waals surface area (Å²) in [5.41, 5.74) is 1.50. The van der Waals surface area contributed by atoms with Gasteiger partial charge < -0.3 is 4.74 Å². The Balaban J connectivity index is 1.67. The first-order valence-electron chi connectivity index (χ1n) is 7.58. The van der Waals surface area contributed by atoms with Gasteiger partial charge in [-0.15, -0.1) is 0 Å². The van der Waals surface area contributed by atoms with Crippen LogP contribution >= 0.6 is 15.9 Å². The quantitative estimate of drug-likeness (QED) is 0.700. The number of hydrogen-bond acceptors (Lipinski definition) is 4. The van der Waals surface area contributed by atoms with E-state index in [1.54, 1.807) is 12.1 Å². The van der Waals surface area contributed by atoms with Gasteiger partial charge in [-0.2, -0.15) is 0 Å². The second kappa shape index (κ2) is 7.13. The molecule has 0 atom stereocenters. The second-order valence-electron chi connectivity index (χ2n) is 5.60. The first-order chi connectivity index (χ1) is 11.9. The zero-order valence-corrected chi connectivity index (χ0v) is 15.5. The Hall–Kier alpha value is -1.93. The highest BCUT2D eigenvalue weighted by atomic mass is 79.9. The number of ether oxygens (including phenoxy) is 1. The topological polar surface area (TPSA) is 63.7 Å². The molecule has 2 aromatic carbocycles. The van der Waals surface area contributed by atoms with Crippen LogP contribution in [0, 0.1) is 5.82 Å². The van der Waals surface area contributed by atoms with Crippen LogP contribution in [-0.4, -0.2) is 26.7 Å². The Morgan fingerprint density at radius 1 is 1.20 bits per heavy atom. The van der Waals surface area contributed by atoms with E-state index in [1.807, 2.05) is 0 Å². The Labute approximate surface area is 153 Å². The van der Waals surface area contributed by atoms with E-state index < -0.39 is 16.0 Å². The van der Waals surface area contributed by atoms with Gasteiger partial charge in [-0.25, -0.2) is 17.6 Å². The maximum absolute atomic E-state index is 13.0. The van der Waals surface area contributed by atoms with Gasteiger partial charge in [0.2, 0.25) is 10.0 Å². The number of esters is 1. The Bertz CT molecular complexity index is 899. The minimum atomic E-state index is -3.25. The van der Waals surface area contributed by atoms with Crippen LogP contribution < -0.4 is 4.31 Å². The summed E-state index contributed by atoms with van der Waals surface area (Å²) in [5, 5.41) is 0. The standard InChI is InChI=1S/C17H15BrFNO4S/c18-16-10-14(19)5-2-13(16)11-24-17(21)12-3-6-15(7-4-12)20-8-1-9-25(20,22)23/h2-7,10H,1,8-9,11H2. The van der Waals surface area contributed by atoms with Gasteiger partial charge >= 0.3 is 5.97 Å². The molecule has 3 rings (SSSR count). The molecule has 1 heterocycles.